The van der Waals surface area contributed by atoms with Gasteiger partial charge in [-0.25, -0.2) is 17.2 Å². The summed E-state index contributed by atoms with van der Waals surface area (Å²) >= 11 is 0. The fourth-order valence-electron chi connectivity index (χ4n) is 5.38. The van der Waals surface area contributed by atoms with Crippen LogP contribution in [-0.4, -0.2) is 52.5 Å². The van der Waals surface area contributed by atoms with E-state index in [0.29, 0.717) is 68.3 Å². The standard InChI is InChI=1S/C38H48F2O8S/c1-4-23-49(43,44)32-25-30(29-17-19-34(39)35(40)26-29)24-31(27-32)47-21-10-8-7-9-13-28-14-11-15-36(33(28)18-20-38(42)46-6-3)48-22-12-16-37(41)45-5-2/h11,14-15,17,19,24-27H,4-10,12-13,16,18,20-23H2,1-3H3. The van der Waals surface area contributed by atoms with Crippen LogP contribution in [0.4, 0.5) is 8.78 Å². The summed E-state index contributed by atoms with van der Waals surface area (Å²) in [6, 6.07) is 13.9. The Bertz CT molecular complexity index is 1620. The van der Waals surface area contributed by atoms with Crippen LogP contribution in [0.3, 0.4) is 0 Å². The molecule has 0 spiro atoms. The summed E-state index contributed by atoms with van der Waals surface area (Å²) in [4.78, 5) is 23.9. The Morgan fingerprint density at radius 3 is 2.12 bits per heavy atom. The fraction of sp³-hybridized carbons (Fsp3) is 0.474. The van der Waals surface area contributed by atoms with E-state index < -0.39 is 21.5 Å². The van der Waals surface area contributed by atoms with Gasteiger partial charge in [0.05, 0.1) is 37.1 Å². The van der Waals surface area contributed by atoms with Crippen molar-refractivity contribution in [2.45, 2.75) is 89.9 Å². The summed E-state index contributed by atoms with van der Waals surface area (Å²) in [5.41, 5.74) is 2.84. The first-order chi connectivity index (χ1) is 23.6. The van der Waals surface area contributed by atoms with E-state index in [1.54, 1.807) is 26.8 Å². The van der Waals surface area contributed by atoms with E-state index in [-0.39, 0.29) is 35.4 Å². The van der Waals surface area contributed by atoms with Gasteiger partial charge in [-0.2, -0.15) is 0 Å². The highest BCUT2D eigenvalue weighted by Gasteiger charge is 2.18. The number of carbonyl (C=O) groups excluding carboxylic acids is 2. The zero-order valence-corrected chi connectivity index (χ0v) is 29.5. The predicted molar refractivity (Wildman–Crippen MR) is 185 cm³/mol. The van der Waals surface area contributed by atoms with Crippen molar-refractivity contribution in [1.82, 2.24) is 0 Å². The number of aryl methyl sites for hydroxylation is 1. The molecular weight excluding hydrogens is 654 g/mol. The molecule has 49 heavy (non-hydrogen) atoms. The average molecular weight is 703 g/mol. The molecule has 3 aromatic rings. The Labute approximate surface area is 289 Å². The number of sulfone groups is 1. The van der Waals surface area contributed by atoms with E-state index in [0.717, 1.165) is 55.4 Å². The smallest absolute Gasteiger partial charge is 0.306 e. The van der Waals surface area contributed by atoms with E-state index in [2.05, 4.69) is 0 Å². The Balaban J connectivity index is 1.58. The van der Waals surface area contributed by atoms with Crippen molar-refractivity contribution in [3.63, 3.8) is 0 Å². The minimum absolute atomic E-state index is 0.0390. The van der Waals surface area contributed by atoms with Crippen LogP contribution < -0.4 is 9.47 Å². The quantitative estimate of drug-likeness (QED) is 0.0762. The van der Waals surface area contributed by atoms with Crippen molar-refractivity contribution in [2.75, 3.05) is 32.2 Å². The van der Waals surface area contributed by atoms with Gasteiger partial charge in [-0.3, -0.25) is 9.59 Å². The molecule has 3 aromatic carbocycles. The molecule has 0 bridgehead atoms. The van der Waals surface area contributed by atoms with Crippen molar-refractivity contribution in [3.05, 3.63) is 77.4 Å². The Morgan fingerprint density at radius 1 is 0.694 bits per heavy atom. The molecule has 3 rings (SSSR count). The molecule has 0 atom stereocenters. The van der Waals surface area contributed by atoms with Gasteiger partial charge in [-0.15, -0.1) is 0 Å². The molecule has 0 aliphatic heterocycles. The van der Waals surface area contributed by atoms with Crippen molar-refractivity contribution < 1.29 is 45.7 Å². The first-order valence-corrected chi connectivity index (χ1v) is 18.7. The second kappa shape index (κ2) is 20.5. The number of ether oxygens (including phenoxy) is 4. The summed E-state index contributed by atoms with van der Waals surface area (Å²) in [6.45, 7) is 6.69. The number of unbranched alkanes of at least 4 members (excludes halogenated alkanes) is 3. The summed E-state index contributed by atoms with van der Waals surface area (Å²) in [7, 11) is -3.58. The maximum Gasteiger partial charge on any atom is 0.306 e. The first kappa shape index (κ1) is 39.4. The van der Waals surface area contributed by atoms with Crippen LogP contribution in [0.2, 0.25) is 0 Å². The molecule has 0 aliphatic rings. The van der Waals surface area contributed by atoms with Gasteiger partial charge in [0.15, 0.2) is 21.5 Å². The van der Waals surface area contributed by atoms with Crippen LogP contribution >= 0.6 is 0 Å². The van der Waals surface area contributed by atoms with Crippen LogP contribution in [0.1, 0.15) is 83.3 Å². The monoisotopic (exact) mass is 702 g/mol. The molecular formula is C38H48F2O8S. The summed E-state index contributed by atoms with van der Waals surface area (Å²) < 4.78 is 75.4. The highest BCUT2D eigenvalue weighted by atomic mass is 32.2. The van der Waals surface area contributed by atoms with Gasteiger partial charge in [-0.05, 0) is 111 Å². The lowest BCUT2D eigenvalue weighted by Gasteiger charge is -2.16. The number of hydrogen-bond acceptors (Lipinski definition) is 8. The lowest BCUT2D eigenvalue weighted by molar-refractivity contribution is -0.144. The zero-order chi connectivity index (χ0) is 35.6. The highest BCUT2D eigenvalue weighted by molar-refractivity contribution is 7.91. The molecule has 0 heterocycles. The van der Waals surface area contributed by atoms with Gasteiger partial charge in [0, 0.05) is 12.8 Å². The van der Waals surface area contributed by atoms with Crippen LogP contribution in [0, 0.1) is 11.6 Å². The molecule has 0 aliphatic carbocycles. The van der Waals surface area contributed by atoms with Gasteiger partial charge in [-0.1, -0.05) is 38.0 Å². The highest BCUT2D eigenvalue weighted by Crippen LogP contribution is 2.31. The topological polar surface area (TPSA) is 105 Å². The number of hydrogen-bond donors (Lipinski definition) is 0. The average Bonchev–Trinajstić information content (AvgIpc) is 3.07. The summed E-state index contributed by atoms with van der Waals surface area (Å²) in [5.74, 6) is -1.51. The molecule has 0 radical (unpaired) electrons. The van der Waals surface area contributed by atoms with Crippen LogP contribution in [0.15, 0.2) is 59.5 Å². The molecule has 8 nitrogen and oxygen atoms in total. The minimum atomic E-state index is -3.58. The molecule has 0 fully saturated rings. The number of carbonyl (C=O) groups is 2. The number of esters is 2. The molecule has 0 unspecified atom stereocenters. The Kier molecular flexibility index (Phi) is 16.5. The van der Waals surface area contributed by atoms with Crippen molar-refractivity contribution in [3.8, 4) is 22.6 Å². The normalized spacial score (nSPS) is 11.3. The molecule has 0 aromatic heterocycles. The minimum Gasteiger partial charge on any atom is -0.494 e. The molecule has 0 N–H and O–H groups in total. The third-order valence-electron chi connectivity index (χ3n) is 7.78. The maximum atomic E-state index is 14.0. The van der Waals surface area contributed by atoms with Crippen molar-refractivity contribution in [1.29, 1.82) is 0 Å². The third kappa shape index (κ3) is 13.1. The van der Waals surface area contributed by atoms with Gasteiger partial charge >= 0.3 is 11.9 Å². The van der Waals surface area contributed by atoms with Gasteiger partial charge in [0.25, 0.3) is 0 Å². The van der Waals surface area contributed by atoms with E-state index >= 15 is 0 Å². The van der Waals surface area contributed by atoms with E-state index in [1.165, 1.54) is 18.2 Å². The predicted octanol–water partition coefficient (Wildman–Crippen LogP) is 8.22. The zero-order valence-electron chi connectivity index (χ0n) is 28.7. The Morgan fingerprint density at radius 2 is 1.41 bits per heavy atom. The lowest BCUT2D eigenvalue weighted by Crippen LogP contribution is -2.10. The van der Waals surface area contributed by atoms with Crippen molar-refractivity contribution >= 4 is 21.8 Å². The third-order valence-corrected chi connectivity index (χ3v) is 9.68. The molecule has 11 heteroatoms. The van der Waals surface area contributed by atoms with Crippen LogP contribution in [0.5, 0.6) is 11.5 Å². The van der Waals surface area contributed by atoms with Crippen molar-refractivity contribution in [2.24, 2.45) is 0 Å². The molecule has 0 saturated heterocycles. The molecule has 0 saturated carbocycles. The van der Waals surface area contributed by atoms with Crippen LogP contribution in [0.25, 0.3) is 11.1 Å². The Hall–Kier alpha value is -3.99. The van der Waals surface area contributed by atoms with Gasteiger partial charge in [0.1, 0.15) is 11.5 Å². The first-order valence-electron chi connectivity index (χ1n) is 17.1. The second-order valence-electron chi connectivity index (χ2n) is 11.6. The molecule has 0 amide bonds. The van der Waals surface area contributed by atoms with E-state index in [1.807, 2.05) is 18.2 Å². The molecule has 268 valence electrons. The van der Waals surface area contributed by atoms with Gasteiger partial charge in [0.2, 0.25) is 0 Å². The van der Waals surface area contributed by atoms with Crippen LogP contribution in [-0.2, 0) is 41.7 Å². The number of benzene rings is 3. The largest absolute Gasteiger partial charge is 0.494 e. The van der Waals surface area contributed by atoms with Gasteiger partial charge < -0.3 is 18.9 Å². The fourth-order valence-corrected chi connectivity index (χ4v) is 6.76. The van der Waals surface area contributed by atoms with E-state index in [9.17, 15) is 26.8 Å². The maximum absolute atomic E-state index is 14.0. The second-order valence-corrected chi connectivity index (χ2v) is 13.7. The SMILES string of the molecule is CCCS(=O)(=O)c1cc(OCCCCCCc2cccc(OCCCC(=O)OCC)c2CCC(=O)OCC)cc(-c2ccc(F)c(F)c2)c1. The number of rotatable bonds is 22. The van der Waals surface area contributed by atoms with E-state index in [4.69, 9.17) is 18.9 Å². The summed E-state index contributed by atoms with van der Waals surface area (Å²) in [5, 5.41) is 0. The number of halogens is 2. The lowest BCUT2D eigenvalue weighted by atomic mass is 9.96. The summed E-state index contributed by atoms with van der Waals surface area (Å²) in [6.07, 6.45) is 6.14.